The largest absolute Gasteiger partial charge is 0.277 e. The van der Waals surface area contributed by atoms with Gasteiger partial charge in [-0.3, -0.25) is 10.4 Å². The van der Waals surface area contributed by atoms with Crippen LogP contribution in [0.5, 0.6) is 0 Å². The fraction of sp³-hybridized carbons (Fsp3) is 0.200. The summed E-state index contributed by atoms with van der Waals surface area (Å²) in [4.78, 5) is 7.19. The molecule has 0 aliphatic rings. The number of hydrogen-bond acceptors (Lipinski definition) is 5. The Morgan fingerprint density at radius 1 is 1.30 bits per heavy atom. The van der Waals surface area contributed by atoms with Gasteiger partial charge in [0.1, 0.15) is 0 Å². The van der Waals surface area contributed by atoms with E-state index in [4.69, 9.17) is 10.4 Å². The summed E-state index contributed by atoms with van der Waals surface area (Å²) in [7, 11) is 0. The first kappa shape index (κ1) is 6.91. The fourth-order valence-electron chi connectivity index (χ4n) is 0.489. The second-order valence-corrected chi connectivity index (χ2v) is 1.85. The molecule has 0 radical (unpaired) electrons. The molecule has 0 atom stereocenters. The first-order valence-electron chi connectivity index (χ1n) is 2.66. The van der Waals surface area contributed by atoms with Gasteiger partial charge >= 0.3 is 0 Å². The van der Waals surface area contributed by atoms with Gasteiger partial charge in [0.05, 0.1) is 0 Å². The van der Waals surface area contributed by atoms with Gasteiger partial charge in [0.15, 0.2) is 0 Å². The summed E-state index contributed by atoms with van der Waals surface area (Å²) in [5.41, 5.74) is 0.866. The third-order valence-corrected chi connectivity index (χ3v) is 0.946. The number of aromatic nitrogens is 2. The topological polar surface area (TPSA) is 69.5 Å². The minimum Gasteiger partial charge on any atom is -0.261 e. The van der Waals surface area contributed by atoms with E-state index < -0.39 is 0 Å². The van der Waals surface area contributed by atoms with Crippen molar-refractivity contribution in [1.29, 1.82) is 0 Å². The Balaban J connectivity index is 2.89. The number of aryl methyl sites for hydroxylation is 1. The van der Waals surface area contributed by atoms with Gasteiger partial charge in [0.2, 0.25) is 0 Å². The lowest BCUT2D eigenvalue weighted by Gasteiger charge is -2.03. The van der Waals surface area contributed by atoms with Gasteiger partial charge in [-0.25, -0.2) is 9.97 Å². The lowest BCUT2D eigenvalue weighted by Crippen LogP contribution is -2.14. The van der Waals surface area contributed by atoms with Gasteiger partial charge in [-0.15, -0.1) is 0 Å². The van der Waals surface area contributed by atoms with E-state index in [9.17, 15) is 0 Å². The highest BCUT2D eigenvalue weighted by atomic mass is 16.8. The first-order chi connectivity index (χ1) is 4.70. The molecule has 5 nitrogen and oxygen atoms in total. The van der Waals surface area contributed by atoms with Crippen LogP contribution in [0.3, 0.4) is 0 Å². The van der Waals surface area contributed by atoms with E-state index in [1.165, 1.54) is 12.4 Å². The second kappa shape index (κ2) is 2.59. The van der Waals surface area contributed by atoms with Crippen molar-refractivity contribution in [3.63, 3.8) is 0 Å². The summed E-state index contributed by atoms with van der Waals surface area (Å²) in [6.45, 7) is 1.81. The lowest BCUT2D eigenvalue weighted by atomic mass is 10.4. The van der Waals surface area contributed by atoms with Crippen LogP contribution in [0.15, 0.2) is 12.4 Å². The molecule has 54 valence electrons. The maximum Gasteiger partial charge on any atom is 0.277 e. The molecule has 0 aliphatic heterocycles. The second-order valence-electron chi connectivity index (χ2n) is 1.85. The van der Waals surface area contributed by atoms with Gasteiger partial charge in [0, 0.05) is 12.4 Å². The number of hydrogen-bond donors (Lipinski definition) is 2. The Morgan fingerprint density at radius 2 is 1.80 bits per heavy atom. The molecule has 0 bridgehead atoms. The third kappa shape index (κ3) is 1.40. The van der Waals surface area contributed by atoms with Gasteiger partial charge < -0.3 is 0 Å². The van der Waals surface area contributed by atoms with E-state index in [0.717, 1.165) is 5.56 Å². The molecule has 0 fully saturated rings. The van der Waals surface area contributed by atoms with Crippen molar-refractivity contribution in [2.75, 3.05) is 5.23 Å². The molecule has 0 saturated heterocycles. The zero-order valence-corrected chi connectivity index (χ0v) is 5.39. The smallest absolute Gasteiger partial charge is 0.261 e. The summed E-state index contributed by atoms with van der Waals surface area (Å²) in [5, 5.41) is 16.6. The molecule has 0 saturated carbocycles. The van der Waals surface area contributed by atoms with E-state index in [1.807, 2.05) is 6.92 Å². The standard InChI is InChI=1S/C5H7N3O2/c1-4-2-6-5(7-3-4)8(9)10/h2-3,9-10H,1H3. The zero-order chi connectivity index (χ0) is 7.56. The summed E-state index contributed by atoms with van der Waals surface area (Å²) in [5.74, 6) is -0.134. The summed E-state index contributed by atoms with van der Waals surface area (Å²) < 4.78 is 0. The van der Waals surface area contributed by atoms with Crippen LogP contribution >= 0.6 is 0 Å². The predicted octanol–water partition coefficient (Wildman–Crippen LogP) is 0.370. The Labute approximate surface area is 57.5 Å². The number of rotatable bonds is 1. The summed E-state index contributed by atoms with van der Waals surface area (Å²) in [6, 6.07) is 0. The molecule has 5 heteroatoms. The van der Waals surface area contributed by atoms with Crippen LogP contribution in [-0.2, 0) is 0 Å². The molecule has 1 aromatic rings. The molecule has 1 aromatic heterocycles. The number of anilines is 1. The van der Waals surface area contributed by atoms with Gasteiger partial charge in [0.25, 0.3) is 5.95 Å². The van der Waals surface area contributed by atoms with E-state index in [-0.39, 0.29) is 11.2 Å². The summed E-state index contributed by atoms with van der Waals surface area (Å²) >= 11 is 0. The van der Waals surface area contributed by atoms with Crippen molar-refractivity contribution in [1.82, 2.24) is 9.97 Å². The Morgan fingerprint density at radius 3 is 2.20 bits per heavy atom. The highest BCUT2D eigenvalue weighted by molar-refractivity contribution is 5.20. The van der Waals surface area contributed by atoms with Crippen molar-refractivity contribution in [3.05, 3.63) is 18.0 Å². The first-order valence-corrected chi connectivity index (χ1v) is 2.66. The normalized spacial score (nSPS) is 9.50. The monoisotopic (exact) mass is 141 g/mol. The fourth-order valence-corrected chi connectivity index (χ4v) is 0.489. The third-order valence-electron chi connectivity index (χ3n) is 0.946. The van der Waals surface area contributed by atoms with E-state index >= 15 is 0 Å². The maximum atomic E-state index is 8.38. The van der Waals surface area contributed by atoms with E-state index in [0.29, 0.717) is 0 Å². The quantitative estimate of drug-likeness (QED) is 0.553. The minimum absolute atomic E-state index is 0.126. The molecule has 0 aromatic carbocycles. The highest BCUT2D eigenvalue weighted by Gasteiger charge is 1.98. The van der Waals surface area contributed by atoms with Crippen molar-refractivity contribution in [3.8, 4) is 0 Å². The van der Waals surface area contributed by atoms with Crippen molar-refractivity contribution < 1.29 is 10.4 Å². The molecule has 0 unspecified atom stereocenters. The molecule has 0 amide bonds. The molecule has 1 rings (SSSR count). The van der Waals surface area contributed by atoms with Crippen LogP contribution in [0.2, 0.25) is 0 Å². The van der Waals surface area contributed by atoms with Crippen molar-refractivity contribution in [2.24, 2.45) is 0 Å². The summed E-state index contributed by atoms with van der Waals surface area (Å²) in [6.07, 6.45) is 2.98. The molecule has 10 heavy (non-hydrogen) atoms. The van der Waals surface area contributed by atoms with Crippen LogP contribution in [-0.4, -0.2) is 20.4 Å². The maximum absolute atomic E-state index is 8.38. The van der Waals surface area contributed by atoms with Crippen LogP contribution in [0.4, 0.5) is 5.95 Å². The van der Waals surface area contributed by atoms with Crippen LogP contribution in [0.25, 0.3) is 0 Å². The average Bonchev–Trinajstić information content (AvgIpc) is 1.88. The van der Waals surface area contributed by atoms with Crippen LogP contribution < -0.4 is 5.23 Å². The molecule has 1 heterocycles. The Kier molecular flexibility index (Phi) is 1.79. The minimum atomic E-state index is -0.134. The van der Waals surface area contributed by atoms with Crippen molar-refractivity contribution in [2.45, 2.75) is 6.92 Å². The molecule has 0 aliphatic carbocycles. The lowest BCUT2D eigenvalue weighted by molar-refractivity contribution is 0.0242. The molecular weight excluding hydrogens is 134 g/mol. The van der Waals surface area contributed by atoms with Gasteiger partial charge in [-0.05, 0) is 12.5 Å². The van der Waals surface area contributed by atoms with Crippen LogP contribution in [0.1, 0.15) is 5.56 Å². The molecule has 2 N–H and O–H groups in total. The Bertz CT molecular complexity index is 209. The van der Waals surface area contributed by atoms with Crippen LogP contribution in [0, 0.1) is 6.92 Å². The average molecular weight is 141 g/mol. The Hall–Kier alpha value is -1.20. The van der Waals surface area contributed by atoms with E-state index in [1.54, 1.807) is 0 Å². The SMILES string of the molecule is Cc1cnc(N(O)O)nc1. The number of nitrogens with zero attached hydrogens (tertiary/aromatic N) is 3. The molecule has 0 spiro atoms. The van der Waals surface area contributed by atoms with Crippen molar-refractivity contribution >= 4 is 5.95 Å². The predicted molar refractivity (Wildman–Crippen MR) is 32.8 cm³/mol. The van der Waals surface area contributed by atoms with E-state index in [2.05, 4.69) is 9.97 Å². The van der Waals surface area contributed by atoms with Gasteiger partial charge in [-0.1, -0.05) is 5.23 Å². The molecular formula is C5H7N3O2. The zero-order valence-electron chi connectivity index (χ0n) is 5.39. The highest BCUT2D eigenvalue weighted by Crippen LogP contribution is 1.99. The van der Waals surface area contributed by atoms with Gasteiger partial charge in [-0.2, -0.15) is 0 Å².